The van der Waals surface area contributed by atoms with Gasteiger partial charge < -0.3 is 14.5 Å². The fourth-order valence-electron chi connectivity index (χ4n) is 1.91. The summed E-state index contributed by atoms with van der Waals surface area (Å²) >= 11 is 0. The van der Waals surface area contributed by atoms with E-state index in [-0.39, 0.29) is 5.41 Å². The zero-order chi connectivity index (χ0) is 13.2. The first-order chi connectivity index (χ1) is 8.40. The summed E-state index contributed by atoms with van der Waals surface area (Å²) in [6.45, 7) is 10.0. The molecule has 0 bridgehead atoms. The first-order valence-electron chi connectivity index (χ1n) is 6.31. The first-order valence-corrected chi connectivity index (χ1v) is 7.92. The fourth-order valence-corrected chi connectivity index (χ4v) is 3.81. The molecule has 5 nitrogen and oxygen atoms in total. The second kappa shape index (κ2) is 5.43. The lowest BCUT2D eigenvalue weighted by molar-refractivity contribution is -0.228. The third-order valence-electron chi connectivity index (χ3n) is 3.13. The van der Waals surface area contributed by atoms with Crippen LogP contribution in [0.5, 0.6) is 0 Å². The molecule has 104 valence electrons. The molecular weight excluding hydrogens is 253 g/mol. The van der Waals surface area contributed by atoms with Crippen LogP contribution in [0.4, 0.5) is 0 Å². The minimum Gasteiger partial charge on any atom is -0.627 e. The van der Waals surface area contributed by atoms with Gasteiger partial charge in [0, 0.05) is 18.5 Å². The van der Waals surface area contributed by atoms with Gasteiger partial charge in [-0.1, -0.05) is 13.8 Å². The van der Waals surface area contributed by atoms with E-state index < -0.39 is 7.94 Å². The van der Waals surface area contributed by atoms with Crippen molar-refractivity contribution in [3.05, 3.63) is 11.5 Å². The summed E-state index contributed by atoms with van der Waals surface area (Å²) in [5.74, 6) is 1.65. The highest BCUT2D eigenvalue weighted by Crippen LogP contribution is 2.59. The number of allylic oxidation sites excluding steroid dienone is 1. The molecule has 0 amide bonds. The maximum Gasteiger partial charge on any atom is 0.265 e. The molecular formula is C12H22NO4P. The van der Waals surface area contributed by atoms with Crippen molar-refractivity contribution in [1.82, 2.24) is 4.90 Å². The zero-order valence-electron chi connectivity index (χ0n) is 11.3. The molecule has 2 saturated heterocycles. The van der Waals surface area contributed by atoms with E-state index in [0.29, 0.717) is 26.4 Å². The van der Waals surface area contributed by atoms with Gasteiger partial charge in [-0.05, 0) is 6.92 Å². The summed E-state index contributed by atoms with van der Waals surface area (Å²) in [7, 11) is -3.06. The Morgan fingerprint density at radius 2 is 1.78 bits per heavy atom. The molecule has 18 heavy (non-hydrogen) atoms. The van der Waals surface area contributed by atoms with Crippen LogP contribution in [0.1, 0.15) is 20.8 Å². The molecule has 2 fully saturated rings. The number of hydrogen-bond donors (Lipinski definition) is 0. The molecule has 0 aliphatic carbocycles. The summed E-state index contributed by atoms with van der Waals surface area (Å²) in [5, 5.41) is 0. The Labute approximate surface area is 109 Å². The number of ether oxygens (including phenoxy) is 1. The van der Waals surface area contributed by atoms with Crippen molar-refractivity contribution in [3.8, 4) is 0 Å². The van der Waals surface area contributed by atoms with Crippen LogP contribution in [0.25, 0.3) is 0 Å². The van der Waals surface area contributed by atoms with Crippen LogP contribution in [-0.4, -0.2) is 44.4 Å². The second-order valence-corrected chi connectivity index (χ2v) is 7.48. The van der Waals surface area contributed by atoms with Crippen LogP contribution < -0.4 is 4.89 Å². The van der Waals surface area contributed by atoms with Gasteiger partial charge in [-0.25, -0.2) is 9.05 Å². The molecule has 0 aromatic heterocycles. The summed E-state index contributed by atoms with van der Waals surface area (Å²) < 4.78 is 16.2. The van der Waals surface area contributed by atoms with E-state index >= 15 is 0 Å². The lowest BCUT2D eigenvalue weighted by Gasteiger charge is -2.37. The van der Waals surface area contributed by atoms with Crippen molar-refractivity contribution in [2.24, 2.45) is 5.41 Å². The van der Waals surface area contributed by atoms with Crippen molar-refractivity contribution in [2.75, 3.05) is 39.5 Å². The Bertz CT molecular complexity index is 316. The highest BCUT2D eigenvalue weighted by Gasteiger charge is 2.40. The minimum atomic E-state index is -3.06. The van der Waals surface area contributed by atoms with Gasteiger partial charge in [0.15, 0.2) is 0 Å². The van der Waals surface area contributed by atoms with Gasteiger partial charge in [-0.2, -0.15) is 0 Å². The number of nitrogens with zero attached hydrogens (tertiary/aromatic N) is 1. The normalized spacial score (nSPS) is 28.2. The Morgan fingerprint density at radius 1 is 1.22 bits per heavy atom. The predicted molar refractivity (Wildman–Crippen MR) is 68.8 cm³/mol. The SMILES string of the molecule is C/C(=C\[P+]1([O-])OCC(C)(C)CO1)N1CCOCC1. The van der Waals surface area contributed by atoms with Crippen LogP contribution >= 0.6 is 7.94 Å². The molecule has 2 heterocycles. The Balaban J connectivity index is 1.98. The lowest BCUT2D eigenvalue weighted by Crippen LogP contribution is -2.37. The molecule has 0 radical (unpaired) electrons. The topological polar surface area (TPSA) is 54.0 Å². The van der Waals surface area contributed by atoms with Crippen LogP contribution in [0.2, 0.25) is 0 Å². The van der Waals surface area contributed by atoms with Crippen LogP contribution in [0, 0.1) is 5.41 Å². The van der Waals surface area contributed by atoms with Crippen LogP contribution in [0.3, 0.4) is 0 Å². The van der Waals surface area contributed by atoms with Crippen molar-refractivity contribution in [2.45, 2.75) is 20.8 Å². The van der Waals surface area contributed by atoms with E-state index in [1.807, 2.05) is 20.8 Å². The van der Waals surface area contributed by atoms with Gasteiger partial charge >= 0.3 is 0 Å². The molecule has 0 atom stereocenters. The highest BCUT2D eigenvalue weighted by molar-refractivity contribution is 7.62. The third-order valence-corrected chi connectivity index (χ3v) is 4.79. The Kier molecular flexibility index (Phi) is 4.29. The Hall–Kier alpha value is -0.190. The van der Waals surface area contributed by atoms with E-state index in [0.717, 1.165) is 18.8 Å². The summed E-state index contributed by atoms with van der Waals surface area (Å²) in [5.41, 5.74) is 0.885. The van der Waals surface area contributed by atoms with E-state index in [9.17, 15) is 4.89 Å². The summed E-state index contributed by atoms with van der Waals surface area (Å²) in [6, 6.07) is 0. The van der Waals surface area contributed by atoms with E-state index in [4.69, 9.17) is 13.8 Å². The average Bonchev–Trinajstić information content (AvgIpc) is 2.35. The van der Waals surface area contributed by atoms with Gasteiger partial charge in [0.1, 0.15) is 19.0 Å². The molecule has 0 N–H and O–H groups in total. The number of morpholine rings is 1. The van der Waals surface area contributed by atoms with Gasteiger partial charge in [-0.3, -0.25) is 0 Å². The standard InChI is InChI=1S/C12H22NO4P/c1-11(13-4-6-15-7-5-13)8-18(14)16-9-12(2,3)10-17-18/h8H,4-7,9-10H2,1-3H3/b11-8+. The van der Waals surface area contributed by atoms with Gasteiger partial charge in [0.05, 0.1) is 18.9 Å². The molecule has 0 spiro atoms. The van der Waals surface area contributed by atoms with Crippen LogP contribution in [0.15, 0.2) is 11.5 Å². The average molecular weight is 275 g/mol. The molecule has 0 saturated carbocycles. The summed E-state index contributed by atoms with van der Waals surface area (Å²) in [6.07, 6.45) is 0. The number of hydrogen-bond acceptors (Lipinski definition) is 5. The minimum absolute atomic E-state index is 0.0609. The fraction of sp³-hybridized carbons (Fsp3) is 0.833. The summed E-state index contributed by atoms with van der Waals surface area (Å²) in [4.78, 5) is 14.5. The molecule has 2 aliphatic rings. The van der Waals surface area contributed by atoms with Crippen LogP contribution in [-0.2, 0) is 13.8 Å². The van der Waals surface area contributed by atoms with E-state index in [1.165, 1.54) is 0 Å². The van der Waals surface area contributed by atoms with E-state index in [2.05, 4.69) is 4.90 Å². The predicted octanol–water partition coefficient (Wildman–Crippen LogP) is 1.38. The van der Waals surface area contributed by atoms with E-state index in [1.54, 1.807) is 5.82 Å². The zero-order valence-corrected chi connectivity index (χ0v) is 12.2. The number of rotatable bonds is 2. The van der Waals surface area contributed by atoms with Crippen molar-refractivity contribution < 1.29 is 18.7 Å². The smallest absolute Gasteiger partial charge is 0.265 e. The maximum atomic E-state index is 12.4. The molecule has 6 heteroatoms. The van der Waals surface area contributed by atoms with Crippen molar-refractivity contribution >= 4 is 7.94 Å². The maximum absolute atomic E-state index is 12.4. The monoisotopic (exact) mass is 275 g/mol. The van der Waals surface area contributed by atoms with Gasteiger partial charge in [0.25, 0.3) is 7.94 Å². The van der Waals surface area contributed by atoms with Crippen molar-refractivity contribution in [1.29, 1.82) is 0 Å². The van der Waals surface area contributed by atoms with Crippen molar-refractivity contribution in [3.63, 3.8) is 0 Å². The third kappa shape index (κ3) is 3.65. The molecule has 0 unspecified atom stereocenters. The molecule has 2 rings (SSSR count). The first kappa shape index (κ1) is 14.2. The quantitative estimate of drug-likeness (QED) is 0.713. The second-order valence-electron chi connectivity index (χ2n) is 5.62. The lowest BCUT2D eigenvalue weighted by atomic mass is 9.97. The molecule has 2 aliphatic heterocycles. The van der Waals surface area contributed by atoms with Gasteiger partial charge in [-0.15, -0.1) is 0 Å². The highest BCUT2D eigenvalue weighted by atomic mass is 31.2. The van der Waals surface area contributed by atoms with Gasteiger partial charge in [0.2, 0.25) is 0 Å². The Morgan fingerprint density at radius 3 is 2.33 bits per heavy atom. The molecule has 0 aromatic carbocycles. The largest absolute Gasteiger partial charge is 0.627 e. The molecule has 0 aromatic rings.